The predicted molar refractivity (Wildman–Crippen MR) is 15.6 cm³/mol. The van der Waals surface area contributed by atoms with E-state index in [-0.39, 0.29) is 0 Å². The van der Waals surface area contributed by atoms with Crippen LogP contribution in [0.2, 0.25) is 0 Å². The highest BCUT2D eigenvalue weighted by atomic mass is 13.4. The Hall–Kier alpha value is -0.520. The van der Waals surface area contributed by atoms with Gasteiger partial charge in [-0.15, -0.1) is 0 Å². The molecule has 0 rings (SSSR count). The van der Waals surface area contributed by atoms with Crippen molar-refractivity contribution in [1.82, 2.24) is 0 Å². The summed E-state index contributed by atoms with van der Waals surface area (Å²) in [7, 11) is 0. The minimum atomic E-state index is 0.917. The molecule has 0 aliphatic rings. The zero-order chi connectivity index (χ0) is 3.41. The lowest BCUT2D eigenvalue weighted by molar-refractivity contribution is 2.08. The lowest BCUT2D eigenvalue weighted by atomic mass is 10.6. The highest BCUT2D eigenvalue weighted by molar-refractivity contribution is 4.83. The van der Waals surface area contributed by atoms with Crippen molar-refractivity contribution in [3.63, 3.8) is 0 Å². The van der Waals surface area contributed by atoms with Crippen LogP contribution < -0.4 is 0 Å². The van der Waals surface area contributed by atoms with Crippen molar-refractivity contribution in [2.45, 2.75) is 0 Å². The number of hydrogen-bond acceptors (Lipinski definition) is 0. The first-order valence-corrected chi connectivity index (χ1v) is 0.911. The van der Waals surface area contributed by atoms with E-state index in [0.29, 0.717) is 0 Å². The summed E-state index contributed by atoms with van der Waals surface area (Å²) < 4.78 is 0. The van der Waals surface area contributed by atoms with Gasteiger partial charge in [-0.3, -0.25) is 0 Å². The second-order valence-corrected chi connectivity index (χ2v) is 0.333. The quantitative estimate of drug-likeness (QED) is 0.384. The molecule has 0 N–H and O–H groups in total. The zero-order valence-corrected chi connectivity index (χ0v) is 2.15. The molecule has 0 aromatic heterocycles. The molecule has 0 spiro atoms. The summed E-state index contributed by atoms with van der Waals surface area (Å²) in [6.45, 7) is 12.2. The van der Waals surface area contributed by atoms with E-state index < -0.39 is 0 Å². The van der Waals surface area contributed by atoms with Gasteiger partial charge in [0.25, 0.3) is 0 Å². The molecule has 0 aromatic carbocycles. The van der Waals surface area contributed by atoms with Gasteiger partial charge in [-0.1, -0.05) is 12.2 Å². The fourth-order valence-corrected chi connectivity index (χ4v) is 0. The fourth-order valence-electron chi connectivity index (χ4n) is 0. The molecule has 0 saturated carbocycles. The van der Waals surface area contributed by atoms with Gasteiger partial charge in [0, 0.05) is 0 Å². The van der Waals surface area contributed by atoms with Crippen molar-refractivity contribution in [2.75, 3.05) is 0 Å². The van der Waals surface area contributed by atoms with E-state index in [9.17, 15) is 0 Å². The third-order valence-corrected chi connectivity index (χ3v) is 0.0833. The second kappa shape index (κ2) is 2.48. The topological polar surface area (TPSA) is 0 Å². The van der Waals surface area contributed by atoms with Crippen LogP contribution >= 0.6 is 0 Å². The lowest BCUT2D eigenvalue weighted by Gasteiger charge is -1.41. The number of hydrogen-bond donors (Lipinski definition) is 0. The number of allylic oxidation sites excluding steroid dienone is 2. The van der Waals surface area contributed by atoms with E-state index in [1.54, 1.807) is 0 Å². The molecule has 4 radical (unpaired) electrons. The number of rotatable bonds is 1. The first-order valence-electron chi connectivity index (χ1n) is 0.911. The van der Waals surface area contributed by atoms with Crippen LogP contribution in [0.3, 0.4) is 0 Å². The van der Waals surface area contributed by atoms with Gasteiger partial charge in [-0.2, -0.15) is 0 Å². The summed E-state index contributed by atoms with van der Waals surface area (Å²) in [6, 6.07) is 0. The molecule has 4 heavy (non-hydrogen) atoms. The van der Waals surface area contributed by atoms with E-state index in [2.05, 4.69) is 0 Å². The third kappa shape index (κ3) is 1.48. The van der Waals surface area contributed by atoms with Crippen LogP contribution in [0.4, 0.5) is 0 Å². The summed E-state index contributed by atoms with van der Waals surface area (Å²) in [5.74, 6) is 0. The molecule has 0 aliphatic heterocycles. The highest BCUT2D eigenvalue weighted by Crippen LogP contribution is 1.51. The van der Waals surface area contributed by atoms with E-state index >= 15 is 0 Å². The van der Waals surface area contributed by atoms with Gasteiger partial charge < -0.3 is 0 Å². The Morgan fingerprint density at radius 3 is 1.25 bits per heavy atom. The van der Waals surface area contributed by atoms with Crippen molar-refractivity contribution < 1.29 is 0 Å². The highest BCUT2D eigenvalue weighted by Gasteiger charge is 1.32. The molecule has 0 heteroatoms. The maximum Gasteiger partial charge on any atom is -0.00987 e. The van der Waals surface area contributed by atoms with Crippen LogP contribution in [0, 0.1) is 13.2 Å². The molecule has 0 fully saturated rings. The minimum Gasteiger partial charge on any atom is -0.0531 e. The summed E-state index contributed by atoms with van der Waals surface area (Å²) in [6.07, 6.45) is 1.83. The van der Waals surface area contributed by atoms with Crippen LogP contribution in [0.1, 0.15) is 0 Å². The van der Waals surface area contributed by atoms with Crippen LogP contribution in [0.25, 0.3) is 0 Å². The van der Waals surface area contributed by atoms with Gasteiger partial charge in [-0.25, -0.2) is 0 Å². The molecular weight excluding hydrogens is 48.0 g/mol. The smallest absolute Gasteiger partial charge is 0.00987 e. The summed E-state index contributed by atoms with van der Waals surface area (Å²) in [5.41, 5.74) is 0. The predicted octanol–water partition coefficient (Wildman–Crippen LogP) is 0.719. The molecule has 0 aliphatic carbocycles. The van der Waals surface area contributed by atoms with Gasteiger partial charge in [0.2, 0.25) is 0 Å². The molecule has 0 aromatic rings. The molecule has 0 heterocycles. The Balaban J connectivity index is 2.73. The Labute approximate surface area is 26.5 Å². The van der Waals surface area contributed by atoms with Gasteiger partial charge in [0.15, 0.2) is 0 Å². The third-order valence-electron chi connectivity index (χ3n) is 0.0833. The van der Waals surface area contributed by atoms with Crippen molar-refractivity contribution in [3.05, 3.63) is 25.3 Å². The first-order chi connectivity index (χ1) is 1.91. The van der Waals surface area contributed by atoms with E-state index in [1.165, 1.54) is 0 Å². The van der Waals surface area contributed by atoms with Crippen LogP contribution in [-0.2, 0) is 0 Å². The maximum atomic E-state index is 6.08. The van der Waals surface area contributed by atoms with Crippen LogP contribution in [-0.4, -0.2) is 0 Å². The van der Waals surface area contributed by atoms with Crippen molar-refractivity contribution >= 4 is 0 Å². The first kappa shape index (κ1) is 3.48. The van der Waals surface area contributed by atoms with E-state index in [1.807, 2.05) is 0 Å². The normalized spacial score (nSPS) is 5.00. The van der Waals surface area contributed by atoms with Gasteiger partial charge >= 0.3 is 0 Å². The molecule has 0 saturated heterocycles. The fraction of sp³-hybridized carbons (Fsp3) is 0. The van der Waals surface area contributed by atoms with Gasteiger partial charge in [-0.05, 0) is 13.2 Å². The molecule has 0 atom stereocenters. The molecular formula is C4H2. The molecule has 0 nitrogen and oxygen atoms in total. The van der Waals surface area contributed by atoms with Crippen LogP contribution in [0.5, 0.6) is 0 Å². The van der Waals surface area contributed by atoms with E-state index in [4.69, 9.17) is 13.2 Å². The SMILES string of the molecule is [C]=CC=[C]. The molecule has 18 valence electrons. The van der Waals surface area contributed by atoms with Crippen LogP contribution in [0.15, 0.2) is 12.2 Å². The van der Waals surface area contributed by atoms with E-state index in [0.717, 1.165) is 12.2 Å². The monoisotopic (exact) mass is 50.0 g/mol. The average molecular weight is 50.1 g/mol. The van der Waals surface area contributed by atoms with Crippen molar-refractivity contribution in [2.24, 2.45) is 0 Å². The van der Waals surface area contributed by atoms with Gasteiger partial charge in [0.05, 0.1) is 0 Å². The largest absolute Gasteiger partial charge is 0.0531 e. The Morgan fingerprint density at radius 2 is 1.25 bits per heavy atom. The Bertz CT molecular complexity index is 21.0. The Morgan fingerprint density at radius 1 is 1.00 bits per heavy atom. The molecule has 0 amide bonds. The maximum absolute atomic E-state index is 6.08. The summed E-state index contributed by atoms with van der Waals surface area (Å²) >= 11 is 0. The second-order valence-electron chi connectivity index (χ2n) is 0.333. The average Bonchev–Trinajstić information content (AvgIpc) is 1.37. The summed E-state index contributed by atoms with van der Waals surface area (Å²) in [4.78, 5) is 0. The lowest BCUT2D eigenvalue weighted by Crippen LogP contribution is -1.23. The molecule has 0 unspecified atom stereocenters. The molecule has 0 bridgehead atoms. The standard InChI is InChI=1S/C4H2/c1-3-4-2/h3-4H. The summed E-state index contributed by atoms with van der Waals surface area (Å²) in [5, 5.41) is 0. The van der Waals surface area contributed by atoms with Crippen molar-refractivity contribution in [3.8, 4) is 0 Å². The Kier molecular flexibility index (Phi) is 2.16. The zero-order valence-electron chi connectivity index (χ0n) is 2.15. The van der Waals surface area contributed by atoms with Crippen molar-refractivity contribution in [1.29, 1.82) is 0 Å². The van der Waals surface area contributed by atoms with Gasteiger partial charge in [0.1, 0.15) is 0 Å². The minimum absolute atomic E-state index is 0.917.